The van der Waals surface area contributed by atoms with Crippen LogP contribution in [0.3, 0.4) is 0 Å². The van der Waals surface area contributed by atoms with Crippen molar-refractivity contribution in [3.63, 3.8) is 0 Å². The summed E-state index contributed by atoms with van der Waals surface area (Å²) < 4.78 is 4.94. The van der Waals surface area contributed by atoms with E-state index in [0.29, 0.717) is 11.3 Å². The molecule has 0 unspecified atom stereocenters. The Balaban J connectivity index is 3.12. The minimum atomic E-state index is -0.276. The molecule has 0 heterocycles. The Hall–Kier alpha value is -0.960. The largest absolute Gasteiger partial charge is 0.496 e. The van der Waals surface area contributed by atoms with E-state index in [9.17, 15) is 4.79 Å². The predicted octanol–water partition coefficient (Wildman–Crippen LogP) is 1.77. The topological polar surface area (TPSA) is 26.3 Å². The summed E-state index contributed by atoms with van der Waals surface area (Å²) >= 11 is 3.69. The van der Waals surface area contributed by atoms with Gasteiger partial charge in [-0.1, -0.05) is 12.1 Å². The van der Waals surface area contributed by atoms with Crippen LogP contribution in [0.2, 0.25) is 0 Å². The maximum atomic E-state index is 10.8. The molecule has 0 amide bonds. The molecular weight excluding hydrogens is 160 g/mol. The summed E-state index contributed by atoms with van der Waals surface area (Å²) in [7, 11) is 1.52. The summed E-state index contributed by atoms with van der Waals surface area (Å²) in [5.74, 6) is 0.562. The standard InChI is InChI=1S/C8H8O2S/c1-10-7-5-3-2-4-6(7)8(9)11/h2-5H,1H3,(H,9,11). The van der Waals surface area contributed by atoms with E-state index >= 15 is 0 Å². The molecule has 0 N–H and O–H groups in total. The van der Waals surface area contributed by atoms with E-state index in [1.807, 2.05) is 0 Å². The Labute approximate surface area is 70.6 Å². The van der Waals surface area contributed by atoms with Gasteiger partial charge in [0.1, 0.15) is 5.75 Å². The molecule has 1 rings (SSSR count). The maximum absolute atomic E-state index is 10.8. The smallest absolute Gasteiger partial charge is 0.220 e. The van der Waals surface area contributed by atoms with Gasteiger partial charge in [0.2, 0.25) is 5.12 Å². The van der Waals surface area contributed by atoms with Gasteiger partial charge in [0.15, 0.2) is 0 Å². The number of carbonyl (C=O) groups is 1. The Morgan fingerprint density at radius 2 is 2.09 bits per heavy atom. The molecule has 0 atom stereocenters. The first-order valence-electron chi connectivity index (χ1n) is 3.12. The third-order valence-corrected chi connectivity index (χ3v) is 1.58. The van der Waals surface area contributed by atoms with E-state index in [2.05, 4.69) is 12.6 Å². The van der Waals surface area contributed by atoms with Gasteiger partial charge in [0.05, 0.1) is 12.7 Å². The van der Waals surface area contributed by atoms with Gasteiger partial charge in [-0.15, -0.1) is 12.6 Å². The number of benzene rings is 1. The molecule has 1 aromatic carbocycles. The van der Waals surface area contributed by atoms with Crippen molar-refractivity contribution in [1.82, 2.24) is 0 Å². The molecular formula is C8H8O2S. The Morgan fingerprint density at radius 3 is 2.55 bits per heavy atom. The zero-order valence-corrected chi connectivity index (χ0v) is 6.97. The van der Waals surface area contributed by atoms with Crippen molar-refractivity contribution in [2.45, 2.75) is 0 Å². The second kappa shape index (κ2) is 3.44. The van der Waals surface area contributed by atoms with Gasteiger partial charge in [-0.3, -0.25) is 4.79 Å². The lowest BCUT2D eigenvalue weighted by atomic mass is 10.2. The number of thiol groups is 1. The van der Waals surface area contributed by atoms with Crippen LogP contribution >= 0.6 is 12.6 Å². The fourth-order valence-corrected chi connectivity index (χ4v) is 1.01. The van der Waals surface area contributed by atoms with Crippen LogP contribution in [0, 0.1) is 0 Å². The average Bonchev–Trinajstić information content (AvgIpc) is 2.04. The highest BCUT2D eigenvalue weighted by Crippen LogP contribution is 2.18. The van der Waals surface area contributed by atoms with E-state index in [1.165, 1.54) is 7.11 Å². The summed E-state index contributed by atoms with van der Waals surface area (Å²) in [4.78, 5) is 10.8. The molecule has 1 aromatic rings. The minimum absolute atomic E-state index is 0.276. The maximum Gasteiger partial charge on any atom is 0.220 e. The van der Waals surface area contributed by atoms with Crippen LogP contribution < -0.4 is 4.74 Å². The molecule has 3 heteroatoms. The van der Waals surface area contributed by atoms with E-state index in [1.54, 1.807) is 24.3 Å². The molecule has 58 valence electrons. The highest BCUT2D eigenvalue weighted by atomic mass is 32.1. The molecule has 0 saturated heterocycles. The number of rotatable bonds is 2. The fraction of sp³-hybridized carbons (Fsp3) is 0.125. The zero-order chi connectivity index (χ0) is 8.27. The summed E-state index contributed by atoms with van der Waals surface area (Å²) in [6.45, 7) is 0. The first-order chi connectivity index (χ1) is 5.25. The minimum Gasteiger partial charge on any atom is -0.496 e. The lowest BCUT2D eigenvalue weighted by molar-refractivity contribution is 0.108. The molecule has 11 heavy (non-hydrogen) atoms. The molecule has 0 radical (unpaired) electrons. The molecule has 0 aliphatic heterocycles. The van der Waals surface area contributed by atoms with Gasteiger partial charge < -0.3 is 4.74 Å². The summed E-state index contributed by atoms with van der Waals surface area (Å²) in [5, 5.41) is -0.276. The second-order valence-electron chi connectivity index (χ2n) is 2.01. The van der Waals surface area contributed by atoms with E-state index in [0.717, 1.165) is 0 Å². The van der Waals surface area contributed by atoms with E-state index < -0.39 is 0 Å². The van der Waals surface area contributed by atoms with Gasteiger partial charge in [-0.2, -0.15) is 0 Å². The molecule has 0 fully saturated rings. The van der Waals surface area contributed by atoms with E-state index in [4.69, 9.17) is 4.74 Å². The highest BCUT2D eigenvalue weighted by Gasteiger charge is 2.05. The van der Waals surface area contributed by atoms with Crippen LogP contribution in [0.15, 0.2) is 24.3 Å². The van der Waals surface area contributed by atoms with Gasteiger partial charge in [0, 0.05) is 0 Å². The van der Waals surface area contributed by atoms with Crippen LogP contribution in [-0.4, -0.2) is 12.2 Å². The lowest BCUT2D eigenvalue weighted by Crippen LogP contribution is -1.93. The van der Waals surface area contributed by atoms with Crippen molar-refractivity contribution in [2.24, 2.45) is 0 Å². The first-order valence-corrected chi connectivity index (χ1v) is 3.56. The molecule has 0 aliphatic carbocycles. The van der Waals surface area contributed by atoms with Crippen molar-refractivity contribution < 1.29 is 9.53 Å². The third kappa shape index (κ3) is 1.74. The number of carbonyl (C=O) groups excluding carboxylic acids is 1. The quantitative estimate of drug-likeness (QED) is 0.681. The number of hydrogen-bond donors (Lipinski definition) is 1. The SMILES string of the molecule is COc1ccccc1C(=O)S. The number of methoxy groups -OCH3 is 1. The van der Waals surface area contributed by atoms with Gasteiger partial charge in [-0.05, 0) is 12.1 Å². The van der Waals surface area contributed by atoms with Crippen LogP contribution in [0.25, 0.3) is 0 Å². The molecule has 0 saturated carbocycles. The Bertz CT molecular complexity index is 271. The molecule has 0 aliphatic rings. The Kier molecular flexibility index (Phi) is 2.54. The van der Waals surface area contributed by atoms with E-state index in [-0.39, 0.29) is 5.12 Å². The highest BCUT2D eigenvalue weighted by molar-refractivity contribution is 7.97. The van der Waals surface area contributed by atoms with Crippen LogP contribution in [-0.2, 0) is 0 Å². The van der Waals surface area contributed by atoms with Crippen LogP contribution in [0.1, 0.15) is 10.4 Å². The van der Waals surface area contributed by atoms with Crippen molar-refractivity contribution in [3.8, 4) is 5.75 Å². The van der Waals surface area contributed by atoms with Crippen molar-refractivity contribution >= 4 is 17.7 Å². The molecule has 0 spiro atoms. The van der Waals surface area contributed by atoms with Gasteiger partial charge >= 0.3 is 0 Å². The monoisotopic (exact) mass is 168 g/mol. The van der Waals surface area contributed by atoms with Crippen LogP contribution in [0.5, 0.6) is 5.75 Å². The van der Waals surface area contributed by atoms with Crippen molar-refractivity contribution in [3.05, 3.63) is 29.8 Å². The van der Waals surface area contributed by atoms with Gasteiger partial charge in [0.25, 0.3) is 0 Å². The summed E-state index contributed by atoms with van der Waals surface area (Å²) in [5.41, 5.74) is 0.498. The van der Waals surface area contributed by atoms with Gasteiger partial charge in [-0.25, -0.2) is 0 Å². The fourth-order valence-electron chi connectivity index (χ4n) is 0.821. The number of hydrogen-bond acceptors (Lipinski definition) is 2. The second-order valence-corrected chi connectivity index (χ2v) is 2.41. The van der Waals surface area contributed by atoms with Crippen LogP contribution in [0.4, 0.5) is 0 Å². The normalized spacial score (nSPS) is 9.27. The number of para-hydroxylation sites is 1. The Morgan fingerprint density at radius 1 is 1.45 bits per heavy atom. The molecule has 0 bridgehead atoms. The van der Waals surface area contributed by atoms with Crippen molar-refractivity contribution in [1.29, 1.82) is 0 Å². The molecule has 0 aromatic heterocycles. The molecule has 2 nitrogen and oxygen atoms in total. The zero-order valence-electron chi connectivity index (χ0n) is 6.07. The predicted molar refractivity (Wildman–Crippen MR) is 46.3 cm³/mol. The first kappa shape index (κ1) is 8.14. The van der Waals surface area contributed by atoms with Crippen molar-refractivity contribution in [2.75, 3.05) is 7.11 Å². The lowest BCUT2D eigenvalue weighted by Gasteiger charge is -2.02. The third-order valence-electron chi connectivity index (χ3n) is 1.34. The average molecular weight is 168 g/mol. The summed E-state index contributed by atoms with van der Waals surface area (Å²) in [6, 6.07) is 6.97. The summed E-state index contributed by atoms with van der Waals surface area (Å²) in [6.07, 6.45) is 0. The number of ether oxygens (including phenoxy) is 1.